The zero-order valence-corrected chi connectivity index (χ0v) is 20.4. The van der Waals surface area contributed by atoms with Crippen molar-refractivity contribution >= 4 is 22.8 Å². The highest BCUT2D eigenvalue weighted by Crippen LogP contribution is 2.32. The minimum atomic E-state index is -0.291. The fourth-order valence-corrected chi connectivity index (χ4v) is 4.61. The van der Waals surface area contributed by atoms with Gasteiger partial charge in [-0.3, -0.25) is 14.8 Å². The number of nitrogens with one attached hydrogen (secondary N) is 1. The fraction of sp³-hybridized carbons (Fsp3) is 0.321. The van der Waals surface area contributed by atoms with Crippen molar-refractivity contribution in [2.75, 3.05) is 24.5 Å². The van der Waals surface area contributed by atoms with E-state index in [2.05, 4.69) is 20.2 Å². The largest absolute Gasteiger partial charge is 0.355 e. The summed E-state index contributed by atoms with van der Waals surface area (Å²) in [6, 6.07) is 10.0. The van der Waals surface area contributed by atoms with Gasteiger partial charge >= 0.3 is 0 Å². The van der Waals surface area contributed by atoms with Gasteiger partial charge in [-0.2, -0.15) is 0 Å². The van der Waals surface area contributed by atoms with Crippen LogP contribution in [0, 0.1) is 12.7 Å². The molecule has 1 aliphatic heterocycles. The predicted octanol–water partition coefficient (Wildman–Crippen LogP) is 4.89. The summed E-state index contributed by atoms with van der Waals surface area (Å²) in [7, 11) is 0. The topological polar surface area (TPSA) is 83.9 Å². The summed E-state index contributed by atoms with van der Waals surface area (Å²) >= 11 is 0. The smallest absolute Gasteiger partial charge is 0.251 e. The number of hydrogen-bond donors (Lipinski definition) is 1. The number of anilines is 1. The van der Waals surface area contributed by atoms with Crippen molar-refractivity contribution in [1.29, 1.82) is 0 Å². The number of halogens is 1. The first-order valence-corrected chi connectivity index (χ1v) is 12.4. The van der Waals surface area contributed by atoms with E-state index in [1.54, 1.807) is 36.8 Å². The molecule has 1 N–H and O–H groups in total. The van der Waals surface area contributed by atoms with Gasteiger partial charge in [-0.1, -0.05) is 0 Å². The first kappa shape index (κ1) is 23.8. The van der Waals surface area contributed by atoms with Gasteiger partial charge in [0, 0.05) is 49.4 Å². The number of carbonyl (C=O) groups excluding carboxylic acids is 1. The summed E-state index contributed by atoms with van der Waals surface area (Å²) in [5.74, 6) is 0.378. The zero-order valence-electron chi connectivity index (χ0n) is 20.4. The van der Waals surface area contributed by atoms with Gasteiger partial charge in [-0.05, 0) is 81.0 Å². The molecule has 0 bridgehead atoms. The maximum absolute atomic E-state index is 13.6. The number of hydrogen-bond acceptors (Lipinski definition) is 6. The quantitative estimate of drug-likeness (QED) is 0.376. The van der Waals surface area contributed by atoms with E-state index in [9.17, 15) is 9.18 Å². The number of fused-ring (bicyclic) bond motifs is 1. The van der Waals surface area contributed by atoms with Crippen molar-refractivity contribution in [3.8, 4) is 11.3 Å². The third-order valence-corrected chi connectivity index (χ3v) is 6.49. The predicted molar refractivity (Wildman–Crippen MR) is 138 cm³/mol. The van der Waals surface area contributed by atoms with E-state index in [4.69, 9.17) is 9.97 Å². The lowest BCUT2D eigenvalue weighted by Gasteiger charge is -2.29. The average Bonchev–Trinajstić information content (AvgIpc) is 2.92. The molecule has 0 spiro atoms. The van der Waals surface area contributed by atoms with Crippen LogP contribution in [-0.2, 0) is 6.42 Å². The number of benzene rings is 2. The molecule has 5 rings (SSSR count). The number of piperidine rings is 1. The first-order valence-electron chi connectivity index (χ1n) is 12.4. The van der Waals surface area contributed by atoms with Crippen molar-refractivity contribution in [2.45, 2.75) is 39.0 Å². The molecule has 0 saturated carbocycles. The lowest BCUT2D eigenvalue weighted by molar-refractivity contribution is 0.0953. The Hall–Kier alpha value is -3.94. The minimum Gasteiger partial charge on any atom is -0.355 e. The van der Waals surface area contributed by atoms with Gasteiger partial charge in [-0.25, -0.2) is 14.4 Å². The van der Waals surface area contributed by atoms with E-state index in [1.165, 1.54) is 18.6 Å². The van der Waals surface area contributed by atoms with Crippen LogP contribution >= 0.6 is 0 Å². The minimum absolute atomic E-state index is 0.149. The lowest BCUT2D eigenvalue weighted by Crippen LogP contribution is -2.31. The number of nitrogens with zero attached hydrogens (tertiary/aromatic N) is 5. The van der Waals surface area contributed by atoms with Crippen LogP contribution in [0.1, 0.15) is 47.3 Å². The standard InChI is InChI=1S/C28H29FN6O/c1-19-16-21(28(36)32-11-5-6-23-18-30-12-13-31-23)17-24-25(19)34-27(35-14-3-2-4-15-35)26(33-24)20-7-9-22(29)10-8-20/h7-10,12-13,16-18H,2-6,11,14-15H2,1H3,(H,32,36). The second-order valence-corrected chi connectivity index (χ2v) is 9.17. The van der Waals surface area contributed by atoms with Crippen LogP contribution in [0.3, 0.4) is 0 Å². The molecule has 2 aromatic carbocycles. The second-order valence-electron chi connectivity index (χ2n) is 9.17. The molecule has 4 aromatic rings. The summed E-state index contributed by atoms with van der Waals surface area (Å²) in [6.45, 7) is 4.33. The molecular weight excluding hydrogens is 455 g/mol. The van der Waals surface area contributed by atoms with Gasteiger partial charge in [0.15, 0.2) is 5.82 Å². The fourth-order valence-electron chi connectivity index (χ4n) is 4.61. The molecule has 1 saturated heterocycles. The summed E-state index contributed by atoms with van der Waals surface area (Å²) in [5, 5.41) is 2.99. The van der Waals surface area contributed by atoms with Crippen LogP contribution in [0.25, 0.3) is 22.3 Å². The molecule has 0 unspecified atom stereocenters. The van der Waals surface area contributed by atoms with Crippen LogP contribution in [0.15, 0.2) is 55.0 Å². The molecule has 184 valence electrons. The Balaban J connectivity index is 1.42. The van der Waals surface area contributed by atoms with E-state index in [0.717, 1.165) is 66.9 Å². The maximum Gasteiger partial charge on any atom is 0.251 e. The van der Waals surface area contributed by atoms with Crippen LogP contribution in [-0.4, -0.2) is 45.5 Å². The van der Waals surface area contributed by atoms with Crippen LogP contribution in [0.2, 0.25) is 0 Å². The van der Waals surface area contributed by atoms with Crippen LogP contribution in [0.4, 0.5) is 10.2 Å². The molecule has 8 heteroatoms. The Morgan fingerprint density at radius 1 is 1.06 bits per heavy atom. The molecule has 3 heterocycles. The Morgan fingerprint density at radius 2 is 1.86 bits per heavy atom. The van der Waals surface area contributed by atoms with Gasteiger partial charge < -0.3 is 10.2 Å². The molecule has 2 aromatic heterocycles. The Bertz CT molecular complexity index is 1350. The highest BCUT2D eigenvalue weighted by Gasteiger charge is 2.21. The third-order valence-electron chi connectivity index (χ3n) is 6.49. The van der Waals surface area contributed by atoms with Crippen molar-refractivity contribution in [3.05, 3.63) is 77.6 Å². The molecule has 0 aliphatic carbocycles. The SMILES string of the molecule is Cc1cc(C(=O)NCCCc2cnccn2)cc2nc(-c3ccc(F)cc3)c(N3CCCCC3)nc12. The van der Waals surface area contributed by atoms with Crippen molar-refractivity contribution < 1.29 is 9.18 Å². The summed E-state index contributed by atoms with van der Waals surface area (Å²) < 4.78 is 13.6. The number of carbonyl (C=O) groups is 1. The zero-order chi connectivity index (χ0) is 24.9. The summed E-state index contributed by atoms with van der Waals surface area (Å²) in [4.78, 5) is 33.5. The molecular formula is C28H29FN6O. The van der Waals surface area contributed by atoms with Crippen LogP contribution < -0.4 is 10.2 Å². The summed E-state index contributed by atoms with van der Waals surface area (Å²) in [5.41, 5.74) is 5.30. The number of aromatic nitrogens is 4. The Morgan fingerprint density at radius 3 is 2.61 bits per heavy atom. The average molecular weight is 485 g/mol. The van der Waals surface area contributed by atoms with Gasteiger partial charge in [-0.15, -0.1) is 0 Å². The number of amides is 1. The van der Waals surface area contributed by atoms with E-state index in [-0.39, 0.29) is 11.7 Å². The van der Waals surface area contributed by atoms with E-state index < -0.39 is 0 Å². The van der Waals surface area contributed by atoms with E-state index in [1.807, 2.05) is 13.0 Å². The third kappa shape index (κ3) is 5.32. The molecule has 1 fully saturated rings. The molecule has 7 nitrogen and oxygen atoms in total. The van der Waals surface area contributed by atoms with E-state index >= 15 is 0 Å². The second kappa shape index (κ2) is 10.8. The Kier molecular flexibility index (Phi) is 7.11. The highest BCUT2D eigenvalue weighted by molar-refractivity contribution is 5.98. The molecule has 36 heavy (non-hydrogen) atoms. The molecule has 1 amide bonds. The lowest BCUT2D eigenvalue weighted by atomic mass is 10.1. The van der Waals surface area contributed by atoms with Crippen LogP contribution in [0.5, 0.6) is 0 Å². The molecule has 1 aliphatic rings. The summed E-state index contributed by atoms with van der Waals surface area (Å²) in [6.07, 6.45) is 10.00. The van der Waals surface area contributed by atoms with Crippen molar-refractivity contribution in [2.24, 2.45) is 0 Å². The molecule has 0 atom stereocenters. The van der Waals surface area contributed by atoms with Gasteiger partial charge in [0.05, 0.1) is 16.7 Å². The monoisotopic (exact) mass is 484 g/mol. The van der Waals surface area contributed by atoms with E-state index in [0.29, 0.717) is 23.3 Å². The number of rotatable bonds is 7. The first-order chi connectivity index (χ1) is 17.6. The van der Waals surface area contributed by atoms with Gasteiger partial charge in [0.2, 0.25) is 0 Å². The van der Waals surface area contributed by atoms with Crippen molar-refractivity contribution in [1.82, 2.24) is 25.3 Å². The Labute approximate surface area is 209 Å². The van der Waals surface area contributed by atoms with Gasteiger partial charge in [0.25, 0.3) is 5.91 Å². The molecule has 0 radical (unpaired) electrons. The highest BCUT2D eigenvalue weighted by atomic mass is 19.1. The number of aryl methyl sites for hydroxylation is 2. The van der Waals surface area contributed by atoms with Gasteiger partial charge in [0.1, 0.15) is 11.5 Å². The maximum atomic E-state index is 13.6. The normalized spacial score (nSPS) is 13.7. The van der Waals surface area contributed by atoms with Crippen molar-refractivity contribution in [3.63, 3.8) is 0 Å².